The highest BCUT2D eigenvalue weighted by Crippen LogP contribution is 2.28. The second-order valence-corrected chi connectivity index (χ2v) is 7.04. The van der Waals surface area contributed by atoms with Gasteiger partial charge < -0.3 is 14.6 Å². The normalized spacial score (nSPS) is 14.2. The number of esters is 1. The topological polar surface area (TPSA) is 75.3 Å². The van der Waals surface area contributed by atoms with E-state index in [0.29, 0.717) is 18.5 Å². The van der Waals surface area contributed by atoms with Gasteiger partial charge in [-0.15, -0.1) is 0 Å². The first-order chi connectivity index (χ1) is 14.2. The summed E-state index contributed by atoms with van der Waals surface area (Å²) in [6.45, 7) is 2.49. The number of para-hydroxylation sites is 1. The average molecular weight is 389 g/mol. The molecule has 1 unspecified atom stereocenters. The molecule has 0 fully saturated rings. The number of hydrogen-bond donors (Lipinski definition) is 1. The molecule has 0 spiro atoms. The highest BCUT2D eigenvalue weighted by atomic mass is 16.5. The number of hydrogen-bond acceptors (Lipinski definition) is 4. The third-order valence-electron chi connectivity index (χ3n) is 5.16. The molecule has 6 heteroatoms. The van der Waals surface area contributed by atoms with Crippen LogP contribution in [0.25, 0.3) is 11.4 Å². The van der Waals surface area contributed by atoms with Crippen LogP contribution in [0.15, 0.2) is 60.9 Å². The van der Waals surface area contributed by atoms with Gasteiger partial charge in [-0.3, -0.25) is 4.79 Å². The summed E-state index contributed by atoms with van der Waals surface area (Å²) in [7, 11) is 0. The first kappa shape index (κ1) is 18.9. The summed E-state index contributed by atoms with van der Waals surface area (Å²) >= 11 is 0. The van der Waals surface area contributed by atoms with Crippen molar-refractivity contribution >= 4 is 17.6 Å². The van der Waals surface area contributed by atoms with Crippen LogP contribution in [0.5, 0.6) is 0 Å². The number of carbonyl (C=O) groups is 2. The molecule has 2 aromatic carbocycles. The molecule has 1 atom stereocenters. The zero-order valence-electron chi connectivity index (χ0n) is 16.3. The maximum absolute atomic E-state index is 13.1. The number of aryl methyl sites for hydroxylation is 1. The molecule has 148 valence electrons. The molecule has 0 bridgehead atoms. The van der Waals surface area contributed by atoms with Gasteiger partial charge >= 0.3 is 5.97 Å². The number of carbonyl (C=O) groups excluding carboxylic acids is 2. The summed E-state index contributed by atoms with van der Waals surface area (Å²) in [5.41, 5.74) is 3.35. The lowest BCUT2D eigenvalue weighted by molar-refractivity contribution is -0.127. The minimum absolute atomic E-state index is 0.166. The average Bonchev–Trinajstić information content (AvgIpc) is 3.31. The second-order valence-electron chi connectivity index (χ2n) is 7.04. The first-order valence-electron chi connectivity index (χ1n) is 9.87. The van der Waals surface area contributed by atoms with Crippen LogP contribution in [0.2, 0.25) is 0 Å². The van der Waals surface area contributed by atoms with Crippen LogP contribution in [0.1, 0.15) is 35.7 Å². The fraction of sp³-hybridized carbons (Fsp3) is 0.261. The number of aromatic amines is 1. The van der Waals surface area contributed by atoms with E-state index in [-0.39, 0.29) is 5.91 Å². The van der Waals surface area contributed by atoms with Crippen molar-refractivity contribution in [1.29, 1.82) is 0 Å². The van der Waals surface area contributed by atoms with Crippen molar-refractivity contribution < 1.29 is 14.3 Å². The fourth-order valence-corrected chi connectivity index (χ4v) is 3.63. The van der Waals surface area contributed by atoms with Crippen LogP contribution in [0, 0.1) is 0 Å². The van der Waals surface area contributed by atoms with Crippen molar-refractivity contribution in [2.24, 2.45) is 0 Å². The molecular formula is C23H23N3O3. The SMILES string of the molecule is CCC(OC(=O)c1ccc(-c2ncc[nH]2)cc1)C(=O)N1CCCc2ccccc21. The Morgan fingerprint density at radius 3 is 2.69 bits per heavy atom. The van der Waals surface area contributed by atoms with Crippen LogP contribution in [0.4, 0.5) is 5.69 Å². The number of H-pyrrole nitrogens is 1. The molecule has 4 rings (SSSR count). The van der Waals surface area contributed by atoms with E-state index in [1.807, 2.05) is 31.2 Å². The van der Waals surface area contributed by atoms with E-state index < -0.39 is 12.1 Å². The van der Waals surface area contributed by atoms with Crippen LogP contribution in [0.3, 0.4) is 0 Å². The van der Waals surface area contributed by atoms with Gasteiger partial charge in [-0.05, 0) is 43.0 Å². The van der Waals surface area contributed by atoms with Crippen LogP contribution in [-0.4, -0.2) is 34.5 Å². The minimum atomic E-state index is -0.807. The van der Waals surface area contributed by atoms with Gasteiger partial charge in [-0.25, -0.2) is 9.78 Å². The van der Waals surface area contributed by atoms with Gasteiger partial charge in [-0.1, -0.05) is 37.3 Å². The fourth-order valence-electron chi connectivity index (χ4n) is 3.63. The Kier molecular flexibility index (Phi) is 5.42. The van der Waals surface area contributed by atoms with E-state index in [1.165, 1.54) is 0 Å². The lowest BCUT2D eigenvalue weighted by Crippen LogP contribution is -2.43. The third kappa shape index (κ3) is 3.92. The predicted octanol–water partition coefficient (Wildman–Crippen LogP) is 3.99. The molecule has 1 N–H and O–H groups in total. The van der Waals surface area contributed by atoms with Crippen molar-refractivity contribution in [3.63, 3.8) is 0 Å². The Morgan fingerprint density at radius 1 is 1.17 bits per heavy atom. The molecule has 2 heterocycles. The minimum Gasteiger partial charge on any atom is -0.449 e. The standard InChI is InChI=1S/C23H23N3O3/c1-2-20(22(27)26-15-5-7-16-6-3-4-8-19(16)26)29-23(28)18-11-9-17(10-12-18)21-24-13-14-25-21/h3-4,6,8-14,20H,2,5,7,15H2,1H3,(H,24,25). The lowest BCUT2D eigenvalue weighted by Gasteiger charge is -2.31. The van der Waals surface area contributed by atoms with Crippen molar-refractivity contribution in [2.45, 2.75) is 32.3 Å². The van der Waals surface area contributed by atoms with Gasteiger partial charge in [0.05, 0.1) is 5.56 Å². The summed E-state index contributed by atoms with van der Waals surface area (Å²) in [5.74, 6) is 0.0667. The highest BCUT2D eigenvalue weighted by molar-refractivity contribution is 6.00. The largest absolute Gasteiger partial charge is 0.449 e. The number of nitrogens with zero attached hydrogens (tertiary/aromatic N) is 2. The monoisotopic (exact) mass is 389 g/mol. The zero-order valence-corrected chi connectivity index (χ0v) is 16.3. The molecule has 6 nitrogen and oxygen atoms in total. The van der Waals surface area contributed by atoms with E-state index >= 15 is 0 Å². The van der Waals surface area contributed by atoms with Gasteiger partial charge in [-0.2, -0.15) is 0 Å². The number of benzene rings is 2. The van der Waals surface area contributed by atoms with Crippen molar-refractivity contribution in [2.75, 3.05) is 11.4 Å². The van der Waals surface area contributed by atoms with E-state index in [0.717, 1.165) is 35.5 Å². The van der Waals surface area contributed by atoms with E-state index in [9.17, 15) is 9.59 Å². The highest BCUT2D eigenvalue weighted by Gasteiger charge is 2.30. The number of fused-ring (bicyclic) bond motifs is 1. The van der Waals surface area contributed by atoms with Gasteiger partial charge in [0.25, 0.3) is 5.91 Å². The van der Waals surface area contributed by atoms with E-state index in [1.54, 1.807) is 41.6 Å². The summed E-state index contributed by atoms with van der Waals surface area (Å²) in [6, 6.07) is 14.9. The second kappa shape index (κ2) is 8.31. The van der Waals surface area contributed by atoms with Crippen molar-refractivity contribution in [3.05, 3.63) is 72.1 Å². The number of amides is 1. The molecule has 3 aromatic rings. The Labute approximate surface area is 169 Å². The molecule has 0 saturated heterocycles. The molecule has 1 aliphatic rings. The molecule has 0 aliphatic carbocycles. The van der Waals surface area contributed by atoms with E-state index in [2.05, 4.69) is 9.97 Å². The van der Waals surface area contributed by atoms with Crippen LogP contribution < -0.4 is 4.90 Å². The zero-order chi connectivity index (χ0) is 20.2. The summed E-state index contributed by atoms with van der Waals surface area (Å²) in [6.07, 6.45) is 4.90. The summed E-state index contributed by atoms with van der Waals surface area (Å²) < 4.78 is 5.59. The van der Waals surface area contributed by atoms with Gasteiger partial charge in [0.1, 0.15) is 5.82 Å². The molecular weight excluding hydrogens is 366 g/mol. The maximum Gasteiger partial charge on any atom is 0.338 e. The molecule has 0 saturated carbocycles. The van der Waals surface area contributed by atoms with Crippen molar-refractivity contribution in [3.8, 4) is 11.4 Å². The Bertz CT molecular complexity index is 996. The first-order valence-corrected chi connectivity index (χ1v) is 9.87. The van der Waals surface area contributed by atoms with Crippen LogP contribution >= 0.6 is 0 Å². The molecule has 1 amide bonds. The lowest BCUT2D eigenvalue weighted by atomic mass is 10.0. The Balaban J connectivity index is 1.47. The Hall–Kier alpha value is -3.41. The van der Waals surface area contributed by atoms with Crippen molar-refractivity contribution in [1.82, 2.24) is 9.97 Å². The maximum atomic E-state index is 13.1. The molecule has 29 heavy (non-hydrogen) atoms. The number of ether oxygens (including phenoxy) is 1. The number of nitrogens with one attached hydrogen (secondary N) is 1. The van der Waals surface area contributed by atoms with Crippen LogP contribution in [-0.2, 0) is 16.0 Å². The Morgan fingerprint density at radius 2 is 1.97 bits per heavy atom. The van der Waals surface area contributed by atoms with Gasteiger partial charge in [0, 0.05) is 30.2 Å². The number of aromatic nitrogens is 2. The van der Waals surface area contributed by atoms with Gasteiger partial charge in [0.15, 0.2) is 6.10 Å². The van der Waals surface area contributed by atoms with E-state index in [4.69, 9.17) is 4.74 Å². The number of rotatable bonds is 5. The number of imidazole rings is 1. The molecule has 1 aliphatic heterocycles. The third-order valence-corrected chi connectivity index (χ3v) is 5.16. The summed E-state index contributed by atoms with van der Waals surface area (Å²) in [4.78, 5) is 34.7. The predicted molar refractivity (Wildman–Crippen MR) is 111 cm³/mol. The molecule has 0 radical (unpaired) electrons. The number of anilines is 1. The quantitative estimate of drug-likeness (QED) is 0.670. The molecule has 1 aromatic heterocycles. The summed E-state index contributed by atoms with van der Waals surface area (Å²) in [5, 5.41) is 0. The van der Waals surface area contributed by atoms with Gasteiger partial charge in [0.2, 0.25) is 0 Å². The smallest absolute Gasteiger partial charge is 0.338 e.